The summed E-state index contributed by atoms with van der Waals surface area (Å²) in [5, 5.41) is 9.10. The number of aryl methyl sites for hydroxylation is 2. The molecule has 4 nitrogen and oxygen atoms in total. The van der Waals surface area contributed by atoms with Gasteiger partial charge in [0.1, 0.15) is 5.82 Å². The van der Waals surface area contributed by atoms with E-state index in [9.17, 15) is 9.18 Å². The summed E-state index contributed by atoms with van der Waals surface area (Å²) in [7, 11) is 1.69. The van der Waals surface area contributed by atoms with Crippen molar-refractivity contribution >= 4 is 23.0 Å². The highest BCUT2D eigenvalue weighted by atomic mass is 19.1. The van der Waals surface area contributed by atoms with E-state index in [2.05, 4.69) is 0 Å². The molecular formula is C16H17FN2O2. The second-order valence-electron chi connectivity index (χ2n) is 5.04. The van der Waals surface area contributed by atoms with Gasteiger partial charge in [0.15, 0.2) is 0 Å². The number of halogens is 1. The molecule has 0 bridgehead atoms. The number of benzene rings is 2. The molecule has 3 N–H and O–H groups in total. The Morgan fingerprint density at radius 2 is 1.86 bits per heavy atom. The van der Waals surface area contributed by atoms with Crippen molar-refractivity contribution in [3.05, 3.63) is 52.8 Å². The molecule has 0 radical (unpaired) electrons. The van der Waals surface area contributed by atoms with Gasteiger partial charge in [0, 0.05) is 18.4 Å². The average Bonchev–Trinajstić information content (AvgIpc) is 2.37. The van der Waals surface area contributed by atoms with Gasteiger partial charge < -0.3 is 15.7 Å². The number of carboxylic acid groups (broad SMARTS) is 1. The van der Waals surface area contributed by atoms with Crippen LogP contribution in [0.1, 0.15) is 21.5 Å². The van der Waals surface area contributed by atoms with Crippen LogP contribution in [0.15, 0.2) is 30.3 Å². The predicted molar refractivity (Wildman–Crippen MR) is 81.8 cm³/mol. The van der Waals surface area contributed by atoms with Crippen LogP contribution < -0.4 is 10.6 Å². The van der Waals surface area contributed by atoms with Crippen molar-refractivity contribution in [1.82, 2.24) is 0 Å². The first-order chi connectivity index (χ1) is 9.81. The summed E-state index contributed by atoms with van der Waals surface area (Å²) in [5.41, 5.74) is 8.41. The zero-order valence-corrected chi connectivity index (χ0v) is 12.1. The van der Waals surface area contributed by atoms with Crippen molar-refractivity contribution in [2.24, 2.45) is 0 Å². The Morgan fingerprint density at radius 3 is 2.43 bits per heavy atom. The van der Waals surface area contributed by atoms with Gasteiger partial charge in [0.2, 0.25) is 0 Å². The molecule has 0 aromatic heterocycles. The van der Waals surface area contributed by atoms with E-state index in [4.69, 9.17) is 10.8 Å². The van der Waals surface area contributed by atoms with Gasteiger partial charge in [-0.3, -0.25) is 0 Å². The Kier molecular flexibility index (Phi) is 3.84. The lowest BCUT2D eigenvalue weighted by atomic mass is 10.1. The van der Waals surface area contributed by atoms with Crippen LogP contribution in [0.4, 0.5) is 21.5 Å². The molecule has 0 aliphatic rings. The molecule has 0 atom stereocenters. The number of aromatic carboxylic acids is 1. The predicted octanol–water partition coefficient (Wildman–Crippen LogP) is 3.49. The van der Waals surface area contributed by atoms with Crippen molar-refractivity contribution < 1.29 is 14.3 Å². The maximum absolute atomic E-state index is 14.1. The standard InChI is InChI=1S/C16H17FN2O2/c1-9-4-5-14(10(2)6-9)19(3)15-7-11(16(20)21)13(18)8-12(15)17/h4-8H,18H2,1-3H3,(H,20,21). The molecule has 0 aliphatic heterocycles. The topological polar surface area (TPSA) is 66.6 Å². The summed E-state index contributed by atoms with van der Waals surface area (Å²) in [4.78, 5) is 12.8. The minimum atomic E-state index is -1.18. The van der Waals surface area contributed by atoms with Gasteiger partial charge in [-0.15, -0.1) is 0 Å². The SMILES string of the molecule is Cc1ccc(N(C)c2cc(C(=O)O)c(N)cc2F)c(C)c1. The first-order valence-electron chi connectivity index (χ1n) is 6.44. The van der Waals surface area contributed by atoms with Gasteiger partial charge in [0.25, 0.3) is 0 Å². The highest BCUT2D eigenvalue weighted by Gasteiger charge is 2.17. The number of rotatable bonds is 3. The van der Waals surface area contributed by atoms with Gasteiger partial charge in [-0.05, 0) is 37.6 Å². The third-order valence-electron chi connectivity index (χ3n) is 3.42. The van der Waals surface area contributed by atoms with E-state index in [1.54, 1.807) is 11.9 Å². The van der Waals surface area contributed by atoms with Crippen molar-refractivity contribution in [2.45, 2.75) is 13.8 Å². The molecule has 2 rings (SSSR count). The fourth-order valence-electron chi connectivity index (χ4n) is 2.33. The maximum atomic E-state index is 14.1. The monoisotopic (exact) mass is 288 g/mol. The van der Waals surface area contributed by atoms with E-state index < -0.39 is 11.8 Å². The van der Waals surface area contributed by atoms with Crippen LogP contribution in [0.3, 0.4) is 0 Å². The molecular weight excluding hydrogens is 271 g/mol. The molecule has 0 fully saturated rings. The number of nitrogens with two attached hydrogens (primary N) is 1. The fourth-order valence-corrected chi connectivity index (χ4v) is 2.33. The Bertz CT molecular complexity index is 714. The minimum Gasteiger partial charge on any atom is -0.478 e. The zero-order chi connectivity index (χ0) is 15.7. The van der Waals surface area contributed by atoms with Crippen LogP contribution in [0.25, 0.3) is 0 Å². The largest absolute Gasteiger partial charge is 0.478 e. The summed E-state index contributed by atoms with van der Waals surface area (Å²) in [6, 6.07) is 8.08. The first kappa shape index (κ1) is 14.8. The maximum Gasteiger partial charge on any atom is 0.337 e. The molecule has 0 spiro atoms. The molecule has 0 amide bonds. The number of carboxylic acids is 1. The van der Waals surface area contributed by atoms with Gasteiger partial charge in [-0.1, -0.05) is 17.7 Å². The molecule has 0 unspecified atom stereocenters. The van der Waals surface area contributed by atoms with E-state index in [-0.39, 0.29) is 16.9 Å². The first-order valence-corrected chi connectivity index (χ1v) is 6.44. The highest BCUT2D eigenvalue weighted by Crippen LogP contribution is 2.32. The lowest BCUT2D eigenvalue weighted by Gasteiger charge is -2.23. The van der Waals surface area contributed by atoms with Crippen LogP contribution in [-0.2, 0) is 0 Å². The van der Waals surface area contributed by atoms with Gasteiger partial charge >= 0.3 is 5.97 Å². The Morgan fingerprint density at radius 1 is 1.19 bits per heavy atom. The summed E-state index contributed by atoms with van der Waals surface area (Å²) >= 11 is 0. The van der Waals surface area contributed by atoms with Gasteiger partial charge in [-0.2, -0.15) is 0 Å². The summed E-state index contributed by atoms with van der Waals surface area (Å²) in [6.07, 6.45) is 0. The van der Waals surface area contributed by atoms with E-state index in [0.29, 0.717) is 0 Å². The van der Waals surface area contributed by atoms with Crippen LogP contribution >= 0.6 is 0 Å². The highest BCUT2D eigenvalue weighted by molar-refractivity contribution is 5.95. The summed E-state index contributed by atoms with van der Waals surface area (Å²) in [6.45, 7) is 3.90. The normalized spacial score (nSPS) is 10.5. The van der Waals surface area contributed by atoms with Gasteiger partial charge in [-0.25, -0.2) is 9.18 Å². The lowest BCUT2D eigenvalue weighted by molar-refractivity contribution is 0.0698. The molecule has 0 aliphatic carbocycles. The molecule has 0 saturated carbocycles. The molecule has 110 valence electrons. The van der Waals surface area contributed by atoms with Crippen molar-refractivity contribution in [3.63, 3.8) is 0 Å². The number of nitrogens with zero attached hydrogens (tertiary/aromatic N) is 1. The Hall–Kier alpha value is -2.56. The summed E-state index contributed by atoms with van der Waals surface area (Å²) in [5.74, 6) is -1.73. The number of hydrogen-bond donors (Lipinski definition) is 2. The fraction of sp³-hybridized carbons (Fsp3) is 0.188. The molecule has 2 aromatic rings. The third kappa shape index (κ3) is 2.81. The molecule has 5 heteroatoms. The van der Waals surface area contributed by atoms with Crippen LogP contribution in [0.2, 0.25) is 0 Å². The second kappa shape index (κ2) is 5.44. The van der Waals surface area contributed by atoms with E-state index in [0.717, 1.165) is 22.9 Å². The lowest BCUT2D eigenvalue weighted by Crippen LogP contribution is -2.15. The average molecular weight is 288 g/mol. The van der Waals surface area contributed by atoms with Crippen LogP contribution in [-0.4, -0.2) is 18.1 Å². The molecule has 0 heterocycles. The summed E-state index contributed by atoms with van der Waals surface area (Å²) < 4.78 is 14.1. The van der Waals surface area contributed by atoms with E-state index in [1.165, 1.54) is 6.07 Å². The molecule has 2 aromatic carbocycles. The Labute approximate surface area is 122 Å². The number of hydrogen-bond acceptors (Lipinski definition) is 3. The van der Waals surface area contributed by atoms with Crippen molar-refractivity contribution in [2.75, 3.05) is 17.7 Å². The van der Waals surface area contributed by atoms with Crippen LogP contribution in [0.5, 0.6) is 0 Å². The number of anilines is 3. The van der Waals surface area contributed by atoms with E-state index >= 15 is 0 Å². The van der Waals surface area contributed by atoms with Crippen molar-refractivity contribution in [3.8, 4) is 0 Å². The van der Waals surface area contributed by atoms with Crippen LogP contribution in [0, 0.1) is 19.7 Å². The second-order valence-corrected chi connectivity index (χ2v) is 5.04. The zero-order valence-electron chi connectivity index (χ0n) is 12.1. The number of carbonyl (C=O) groups is 1. The third-order valence-corrected chi connectivity index (χ3v) is 3.42. The minimum absolute atomic E-state index is 0.0854. The smallest absolute Gasteiger partial charge is 0.337 e. The quantitative estimate of drug-likeness (QED) is 0.848. The van der Waals surface area contributed by atoms with E-state index in [1.807, 2.05) is 32.0 Å². The molecule has 21 heavy (non-hydrogen) atoms. The van der Waals surface area contributed by atoms with Gasteiger partial charge in [0.05, 0.1) is 11.3 Å². The van der Waals surface area contributed by atoms with Crippen molar-refractivity contribution in [1.29, 1.82) is 0 Å². The Balaban J connectivity index is 2.55. The molecule has 0 saturated heterocycles. The number of nitrogen functional groups attached to an aromatic ring is 1.